The van der Waals surface area contributed by atoms with Gasteiger partial charge in [-0.15, -0.1) is 0 Å². The van der Waals surface area contributed by atoms with Crippen molar-refractivity contribution in [3.05, 3.63) is 106 Å². The number of aryl methyl sites for hydroxylation is 2. The second-order valence-electron chi connectivity index (χ2n) is 16.8. The predicted molar refractivity (Wildman–Crippen MR) is 265 cm³/mol. The number of carbonyl (C=O) groups is 8. The quantitative estimate of drug-likeness (QED) is 0.0195. The van der Waals surface area contributed by atoms with Gasteiger partial charge in [-0.2, -0.15) is 0 Å². The molecular formula is C50H54N8O18. The van der Waals surface area contributed by atoms with Gasteiger partial charge in [0.15, 0.2) is 34.9 Å². The van der Waals surface area contributed by atoms with Gasteiger partial charge in [0.1, 0.15) is 12.1 Å². The number of guanidine groups is 2. The first-order valence-electron chi connectivity index (χ1n) is 23.4. The van der Waals surface area contributed by atoms with Crippen molar-refractivity contribution < 1.29 is 87.2 Å². The van der Waals surface area contributed by atoms with Crippen LogP contribution in [0.3, 0.4) is 0 Å². The van der Waals surface area contributed by atoms with E-state index in [9.17, 15) is 58.8 Å². The molecule has 0 aromatic heterocycles. The standard InChI is InChI=1S/C50H54N8O18/c51-49(52)55-29-11-13-31-27(23-29)5-3-17-73-41-33(7-1-9-37(41)75-47(31)69)43(63)57(35(45(65)66)25-39(59)60)15-19-71-21-22-72-20-16-58(36(46(67)68)26-40(61)62)44(64)34-8-2-10-38-42(34)74-18-4-6-28-24-30(56-50(53)54)12-14-32(28)48(70)76-38/h1-2,7-14,23-24,35-36H,3-6,15-22,25-26H2,(H,59,60)(H,61,62)(H,65,66)(H,67,68)(H4,51,52,55)(H4,53,54,56)/t35-,36?/m0/s1. The molecule has 0 fully saturated rings. The number of aliphatic imine (C=N–C) groups is 2. The number of rotatable bonds is 21. The van der Waals surface area contributed by atoms with Crippen molar-refractivity contribution in [2.45, 2.75) is 50.6 Å². The SMILES string of the molecule is NC(N)=Nc1ccc2c(c1)CCCOc1c(cccc1C(=O)N(CCOCCOCCN(C(=O)c1cccc3c1OCCCc1cc(N=C(N)N)ccc1C(=O)O3)[C@@H](CC(=O)O)C(=O)O)C(CC(=O)O)C(=O)O)OC2=O. The number of hydrogen-bond donors (Lipinski definition) is 8. The van der Waals surface area contributed by atoms with E-state index in [1.54, 1.807) is 12.1 Å². The summed E-state index contributed by atoms with van der Waals surface area (Å²) in [4.78, 5) is 114. The monoisotopic (exact) mass is 1050 g/mol. The maximum Gasteiger partial charge on any atom is 0.343 e. The van der Waals surface area contributed by atoms with Crippen molar-refractivity contribution in [2.75, 3.05) is 52.7 Å². The molecule has 2 aliphatic rings. The number of aliphatic carboxylic acids is 4. The van der Waals surface area contributed by atoms with E-state index in [4.69, 9.17) is 51.4 Å². The molecule has 2 heterocycles. The highest BCUT2D eigenvalue weighted by Crippen LogP contribution is 2.37. The molecular weight excluding hydrogens is 1000 g/mol. The molecule has 12 N–H and O–H groups in total. The van der Waals surface area contributed by atoms with Crippen LogP contribution in [0, 0.1) is 0 Å². The first-order valence-corrected chi connectivity index (χ1v) is 23.4. The number of nitrogens with two attached hydrogens (primary N) is 4. The lowest BCUT2D eigenvalue weighted by molar-refractivity contribution is -0.149. The molecule has 0 radical (unpaired) electrons. The van der Waals surface area contributed by atoms with E-state index in [1.165, 1.54) is 60.7 Å². The second kappa shape index (κ2) is 26.1. The van der Waals surface area contributed by atoms with Gasteiger partial charge in [0, 0.05) is 13.1 Å². The molecule has 4 aromatic rings. The zero-order valence-corrected chi connectivity index (χ0v) is 40.6. The molecule has 4 aromatic carbocycles. The summed E-state index contributed by atoms with van der Waals surface area (Å²) in [6.45, 7) is -2.20. The minimum Gasteiger partial charge on any atom is -0.489 e. The molecule has 0 saturated carbocycles. The van der Waals surface area contributed by atoms with Crippen molar-refractivity contribution in [3.63, 3.8) is 0 Å². The fourth-order valence-corrected chi connectivity index (χ4v) is 8.17. The highest BCUT2D eigenvalue weighted by atomic mass is 16.6. The first kappa shape index (κ1) is 56.0. The van der Waals surface area contributed by atoms with Gasteiger partial charge in [0.05, 0.1) is 86.1 Å². The Morgan fingerprint density at radius 3 is 1.32 bits per heavy atom. The maximum absolute atomic E-state index is 14.3. The molecule has 6 rings (SSSR count). The summed E-state index contributed by atoms with van der Waals surface area (Å²) < 4.78 is 34.6. The number of hydrogen-bond acceptors (Lipinski definition) is 16. The third kappa shape index (κ3) is 14.7. The number of nitrogens with zero attached hydrogens (tertiary/aromatic N) is 4. The molecule has 0 saturated heterocycles. The molecule has 0 aliphatic carbocycles. The average Bonchev–Trinajstić information content (AvgIpc) is 3.36. The van der Waals surface area contributed by atoms with Crippen LogP contribution >= 0.6 is 0 Å². The van der Waals surface area contributed by atoms with E-state index >= 15 is 0 Å². The Bertz CT molecular complexity index is 2740. The molecule has 2 aliphatic heterocycles. The Kier molecular flexibility index (Phi) is 19.2. The van der Waals surface area contributed by atoms with Crippen molar-refractivity contribution in [2.24, 2.45) is 32.9 Å². The highest BCUT2D eigenvalue weighted by molar-refractivity contribution is 6.02. The lowest BCUT2D eigenvalue weighted by atomic mass is 10.0. The molecule has 2 atom stereocenters. The number of carboxylic acids is 4. The van der Waals surface area contributed by atoms with Crippen LogP contribution in [0.2, 0.25) is 0 Å². The minimum absolute atomic E-state index is 0.00885. The summed E-state index contributed by atoms with van der Waals surface area (Å²) in [5, 5.41) is 39.6. The maximum atomic E-state index is 14.3. The number of carboxylic acid groups (broad SMARTS) is 4. The van der Waals surface area contributed by atoms with Crippen LogP contribution in [0.25, 0.3) is 0 Å². The number of amides is 2. The van der Waals surface area contributed by atoms with Gasteiger partial charge in [-0.25, -0.2) is 29.2 Å². The van der Waals surface area contributed by atoms with Crippen LogP contribution in [-0.2, 0) is 41.5 Å². The van der Waals surface area contributed by atoms with Crippen LogP contribution in [0.1, 0.15) is 78.2 Å². The van der Waals surface area contributed by atoms with Gasteiger partial charge < -0.3 is 81.6 Å². The minimum atomic E-state index is -1.91. The molecule has 0 bridgehead atoms. The number of para-hydroxylation sites is 2. The molecule has 26 heteroatoms. The van der Waals surface area contributed by atoms with Gasteiger partial charge in [0.2, 0.25) is 0 Å². The van der Waals surface area contributed by atoms with Gasteiger partial charge in [-0.3, -0.25) is 19.2 Å². The Labute approximate surface area is 432 Å². The fraction of sp³-hybridized carbons (Fsp3) is 0.320. The van der Waals surface area contributed by atoms with Gasteiger partial charge >= 0.3 is 35.8 Å². The van der Waals surface area contributed by atoms with E-state index in [2.05, 4.69) is 9.98 Å². The summed E-state index contributed by atoms with van der Waals surface area (Å²) in [7, 11) is 0. The summed E-state index contributed by atoms with van der Waals surface area (Å²) >= 11 is 0. The van der Waals surface area contributed by atoms with Gasteiger partial charge in [0.25, 0.3) is 11.8 Å². The van der Waals surface area contributed by atoms with Crippen molar-refractivity contribution in [3.8, 4) is 23.0 Å². The van der Waals surface area contributed by atoms with Crippen LogP contribution in [0.15, 0.2) is 82.8 Å². The van der Waals surface area contributed by atoms with Crippen LogP contribution in [-0.4, -0.2) is 155 Å². The zero-order valence-electron chi connectivity index (χ0n) is 40.6. The highest BCUT2D eigenvalue weighted by Gasteiger charge is 2.37. The number of carbonyl (C=O) groups excluding carboxylic acids is 4. The summed E-state index contributed by atoms with van der Waals surface area (Å²) in [6.07, 6.45) is -0.772. The normalized spacial score (nSPS) is 13.8. The first-order chi connectivity index (χ1) is 36.3. The van der Waals surface area contributed by atoms with E-state index < -0.39 is 85.6 Å². The number of fused-ring (bicyclic) bond motifs is 4. The van der Waals surface area contributed by atoms with E-state index in [0.29, 0.717) is 48.2 Å². The molecule has 1 unspecified atom stereocenters. The summed E-state index contributed by atoms with van der Waals surface area (Å²) in [6, 6.07) is 13.4. The van der Waals surface area contributed by atoms with Crippen molar-refractivity contribution >= 4 is 70.9 Å². The third-order valence-electron chi connectivity index (χ3n) is 11.5. The fourth-order valence-electron chi connectivity index (χ4n) is 8.17. The second-order valence-corrected chi connectivity index (χ2v) is 16.8. The van der Waals surface area contributed by atoms with Crippen LogP contribution in [0.4, 0.5) is 11.4 Å². The lowest BCUT2D eigenvalue weighted by Gasteiger charge is -2.29. The molecule has 76 heavy (non-hydrogen) atoms. The van der Waals surface area contributed by atoms with Crippen molar-refractivity contribution in [1.82, 2.24) is 9.80 Å². The van der Waals surface area contributed by atoms with E-state index in [-0.39, 0.29) is 96.8 Å². The van der Waals surface area contributed by atoms with Crippen molar-refractivity contribution in [1.29, 1.82) is 0 Å². The van der Waals surface area contributed by atoms with Crippen LogP contribution in [0.5, 0.6) is 23.0 Å². The topological polar surface area (TPSA) is 408 Å². The number of ether oxygens (including phenoxy) is 6. The number of esters is 2. The Balaban J connectivity index is 1.13. The van der Waals surface area contributed by atoms with Gasteiger partial charge in [-0.1, -0.05) is 12.1 Å². The molecule has 26 nitrogen and oxygen atoms in total. The largest absolute Gasteiger partial charge is 0.489 e. The van der Waals surface area contributed by atoms with Crippen LogP contribution < -0.4 is 41.9 Å². The summed E-state index contributed by atoms with van der Waals surface area (Å²) in [5.74, 6) is -11.1. The van der Waals surface area contributed by atoms with E-state index in [1.807, 2.05) is 0 Å². The van der Waals surface area contributed by atoms with Gasteiger partial charge in [-0.05, 0) is 97.5 Å². The molecule has 402 valence electrons. The predicted octanol–water partition coefficient (Wildman–Crippen LogP) is 2.06. The Morgan fingerprint density at radius 1 is 0.566 bits per heavy atom. The smallest absolute Gasteiger partial charge is 0.343 e. The lowest BCUT2D eigenvalue weighted by Crippen LogP contribution is -2.48. The number of benzene rings is 4. The molecule has 0 spiro atoms. The Hall–Kier alpha value is -9.30. The third-order valence-corrected chi connectivity index (χ3v) is 11.5. The summed E-state index contributed by atoms with van der Waals surface area (Å²) in [5.41, 5.74) is 23.8. The molecule has 2 amide bonds. The Morgan fingerprint density at radius 2 is 0.961 bits per heavy atom. The van der Waals surface area contributed by atoms with E-state index in [0.717, 1.165) is 9.80 Å². The zero-order chi connectivity index (χ0) is 55.1. The average molecular weight is 1060 g/mol.